The first kappa shape index (κ1) is 18.4. The second-order valence-corrected chi connectivity index (χ2v) is 7.44. The fourth-order valence-corrected chi connectivity index (χ4v) is 3.86. The largest absolute Gasteiger partial charge is 0.351 e. The number of nitrogens with one attached hydrogen (secondary N) is 1. The van der Waals surface area contributed by atoms with Crippen LogP contribution < -0.4 is 10.6 Å². The lowest BCUT2D eigenvalue weighted by molar-refractivity contribution is -0.676. The van der Waals surface area contributed by atoms with Gasteiger partial charge in [-0.2, -0.15) is 0 Å². The summed E-state index contributed by atoms with van der Waals surface area (Å²) in [6.45, 7) is 3.21. The van der Waals surface area contributed by atoms with Gasteiger partial charge < -0.3 is 10.6 Å². The number of carbonyl (C=O) groups is 1. The average molecular weight is 366 g/mol. The SMILES string of the molecule is C[C@@H](CNC(=O)C[NH2+][C@@H](c1ccccc1)c1cccs1)c1ccccc1. The molecule has 0 saturated heterocycles. The number of amides is 1. The molecule has 2 atom stereocenters. The summed E-state index contributed by atoms with van der Waals surface area (Å²) in [4.78, 5) is 13.6. The van der Waals surface area contributed by atoms with Gasteiger partial charge in [0.25, 0.3) is 5.91 Å². The summed E-state index contributed by atoms with van der Waals surface area (Å²) in [6.07, 6.45) is 0. The van der Waals surface area contributed by atoms with Crippen LogP contribution in [-0.4, -0.2) is 19.0 Å². The molecule has 4 heteroatoms. The van der Waals surface area contributed by atoms with Crippen molar-refractivity contribution >= 4 is 17.2 Å². The average Bonchev–Trinajstić information content (AvgIpc) is 3.22. The smallest absolute Gasteiger partial charge is 0.275 e. The molecule has 0 aliphatic heterocycles. The minimum Gasteiger partial charge on any atom is -0.351 e. The van der Waals surface area contributed by atoms with Gasteiger partial charge in [0, 0.05) is 12.1 Å². The van der Waals surface area contributed by atoms with Crippen molar-refractivity contribution < 1.29 is 10.1 Å². The lowest BCUT2D eigenvalue weighted by Gasteiger charge is -2.16. The number of carbonyl (C=O) groups excluding carboxylic acids is 1. The van der Waals surface area contributed by atoms with Gasteiger partial charge in [-0.25, -0.2) is 0 Å². The predicted molar refractivity (Wildman–Crippen MR) is 107 cm³/mol. The van der Waals surface area contributed by atoms with Crippen LogP contribution in [0.3, 0.4) is 0 Å². The number of quaternary nitrogens is 1. The van der Waals surface area contributed by atoms with E-state index in [0.717, 1.165) is 0 Å². The lowest BCUT2D eigenvalue weighted by atomic mass is 10.0. The van der Waals surface area contributed by atoms with Crippen LogP contribution in [0.15, 0.2) is 78.2 Å². The molecule has 1 heterocycles. The second kappa shape index (κ2) is 9.32. The van der Waals surface area contributed by atoms with Crippen molar-refractivity contribution in [2.75, 3.05) is 13.1 Å². The number of benzene rings is 2. The topological polar surface area (TPSA) is 45.7 Å². The molecule has 0 unspecified atom stereocenters. The zero-order chi connectivity index (χ0) is 18.2. The third kappa shape index (κ3) is 5.04. The molecular weight excluding hydrogens is 340 g/mol. The Bertz CT molecular complexity index is 788. The molecule has 0 spiro atoms. The van der Waals surface area contributed by atoms with E-state index in [1.54, 1.807) is 11.3 Å². The molecule has 1 amide bonds. The van der Waals surface area contributed by atoms with Crippen molar-refractivity contribution in [1.82, 2.24) is 5.32 Å². The molecular formula is C22H25N2OS+. The maximum atomic E-state index is 12.3. The molecule has 0 bridgehead atoms. The van der Waals surface area contributed by atoms with Crippen LogP contribution in [0.2, 0.25) is 0 Å². The maximum Gasteiger partial charge on any atom is 0.275 e. The first-order valence-electron chi connectivity index (χ1n) is 8.97. The lowest BCUT2D eigenvalue weighted by Crippen LogP contribution is -2.87. The number of thiophene rings is 1. The zero-order valence-corrected chi connectivity index (χ0v) is 15.8. The van der Waals surface area contributed by atoms with Gasteiger partial charge in [-0.05, 0) is 22.9 Å². The van der Waals surface area contributed by atoms with E-state index in [0.29, 0.717) is 19.0 Å². The highest BCUT2D eigenvalue weighted by Crippen LogP contribution is 2.22. The summed E-state index contributed by atoms with van der Waals surface area (Å²) >= 11 is 1.73. The number of nitrogens with two attached hydrogens (primary N) is 1. The summed E-state index contributed by atoms with van der Waals surface area (Å²) < 4.78 is 0. The van der Waals surface area contributed by atoms with E-state index >= 15 is 0 Å². The summed E-state index contributed by atoms with van der Waals surface area (Å²) in [7, 11) is 0. The van der Waals surface area contributed by atoms with E-state index in [4.69, 9.17) is 0 Å². The molecule has 3 nitrogen and oxygen atoms in total. The van der Waals surface area contributed by atoms with Gasteiger partial charge in [0.05, 0.1) is 4.88 Å². The van der Waals surface area contributed by atoms with Crippen LogP contribution in [-0.2, 0) is 4.79 Å². The molecule has 134 valence electrons. The van der Waals surface area contributed by atoms with Gasteiger partial charge in [0.15, 0.2) is 6.54 Å². The first-order valence-corrected chi connectivity index (χ1v) is 9.85. The van der Waals surface area contributed by atoms with Crippen LogP contribution in [0, 0.1) is 0 Å². The normalized spacial score (nSPS) is 13.1. The molecule has 2 aromatic carbocycles. The Hall–Kier alpha value is -2.43. The van der Waals surface area contributed by atoms with Crippen LogP contribution in [0.5, 0.6) is 0 Å². The molecule has 0 saturated carbocycles. The highest BCUT2D eigenvalue weighted by Gasteiger charge is 2.19. The molecule has 0 aliphatic carbocycles. The third-order valence-corrected chi connectivity index (χ3v) is 5.48. The number of rotatable bonds is 8. The number of hydrogen-bond donors (Lipinski definition) is 2. The van der Waals surface area contributed by atoms with Crippen molar-refractivity contribution in [2.24, 2.45) is 0 Å². The monoisotopic (exact) mass is 365 g/mol. The quantitative estimate of drug-likeness (QED) is 0.632. The molecule has 3 aromatic rings. The molecule has 3 N–H and O–H groups in total. The zero-order valence-electron chi connectivity index (χ0n) is 15.0. The van der Waals surface area contributed by atoms with Crippen molar-refractivity contribution in [3.63, 3.8) is 0 Å². The highest BCUT2D eigenvalue weighted by atomic mass is 32.1. The van der Waals surface area contributed by atoms with E-state index in [-0.39, 0.29) is 11.9 Å². The molecule has 3 rings (SSSR count). The molecule has 1 aromatic heterocycles. The highest BCUT2D eigenvalue weighted by molar-refractivity contribution is 7.10. The second-order valence-electron chi connectivity index (χ2n) is 6.46. The van der Waals surface area contributed by atoms with Gasteiger partial charge in [-0.3, -0.25) is 4.79 Å². The Morgan fingerprint density at radius 2 is 1.62 bits per heavy atom. The van der Waals surface area contributed by atoms with E-state index in [1.165, 1.54) is 16.0 Å². The van der Waals surface area contributed by atoms with Crippen LogP contribution in [0.1, 0.15) is 34.9 Å². The van der Waals surface area contributed by atoms with Crippen molar-refractivity contribution in [3.05, 3.63) is 94.2 Å². The van der Waals surface area contributed by atoms with Crippen molar-refractivity contribution in [1.29, 1.82) is 0 Å². The minimum atomic E-state index is 0.0743. The van der Waals surface area contributed by atoms with Crippen LogP contribution in [0.25, 0.3) is 0 Å². The van der Waals surface area contributed by atoms with Crippen molar-refractivity contribution in [3.8, 4) is 0 Å². The van der Waals surface area contributed by atoms with E-state index in [9.17, 15) is 4.79 Å². The van der Waals surface area contributed by atoms with Crippen molar-refractivity contribution in [2.45, 2.75) is 18.9 Å². The molecule has 0 fully saturated rings. The van der Waals surface area contributed by atoms with E-state index in [2.05, 4.69) is 59.3 Å². The van der Waals surface area contributed by atoms with E-state index < -0.39 is 0 Å². The number of hydrogen-bond acceptors (Lipinski definition) is 2. The Labute approximate surface area is 159 Å². The minimum absolute atomic E-state index is 0.0743. The molecule has 0 aliphatic rings. The Morgan fingerprint density at radius 1 is 0.962 bits per heavy atom. The maximum absolute atomic E-state index is 12.3. The van der Waals surface area contributed by atoms with E-state index in [1.807, 2.05) is 36.4 Å². The third-order valence-electron chi connectivity index (χ3n) is 4.52. The Morgan fingerprint density at radius 3 is 2.23 bits per heavy atom. The van der Waals surface area contributed by atoms with Gasteiger partial charge in [0.1, 0.15) is 6.04 Å². The standard InChI is InChI=1S/C22H24N2OS/c1-17(18-9-4-2-5-10-18)15-23-21(25)16-24-22(20-13-8-14-26-20)19-11-6-3-7-12-19/h2-14,17,22,24H,15-16H2,1H3,(H,23,25)/p+1/t17-,22-/m0/s1. The fourth-order valence-electron chi connectivity index (χ4n) is 3.01. The van der Waals surface area contributed by atoms with Gasteiger partial charge in [0.2, 0.25) is 0 Å². The van der Waals surface area contributed by atoms with Gasteiger partial charge >= 0.3 is 0 Å². The summed E-state index contributed by atoms with van der Waals surface area (Å²) in [5, 5.41) is 7.27. The van der Waals surface area contributed by atoms with Gasteiger partial charge in [-0.1, -0.05) is 73.7 Å². The fraction of sp³-hybridized carbons (Fsp3) is 0.227. The predicted octanol–water partition coefficient (Wildman–Crippen LogP) is 3.32. The Kier molecular flexibility index (Phi) is 6.58. The van der Waals surface area contributed by atoms with Gasteiger partial charge in [-0.15, -0.1) is 11.3 Å². The van der Waals surface area contributed by atoms with Crippen LogP contribution >= 0.6 is 11.3 Å². The molecule has 0 radical (unpaired) electrons. The summed E-state index contributed by atoms with van der Waals surface area (Å²) in [5.41, 5.74) is 2.47. The Balaban J connectivity index is 1.55. The molecule has 26 heavy (non-hydrogen) atoms. The van der Waals surface area contributed by atoms with Crippen LogP contribution in [0.4, 0.5) is 0 Å². The summed E-state index contributed by atoms with van der Waals surface area (Å²) in [6, 6.07) is 25.0. The summed E-state index contributed by atoms with van der Waals surface area (Å²) in [5.74, 6) is 0.382. The first-order chi connectivity index (χ1) is 12.7.